The fourth-order valence-electron chi connectivity index (χ4n) is 4.01. The zero-order valence-corrected chi connectivity index (χ0v) is 17.2. The van der Waals surface area contributed by atoms with Crippen LogP contribution in [0.2, 0.25) is 0 Å². The molecule has 1 atom stereocenters. The molecule has 0 saturated heterocycles. The number of fused-ring (bicyclic) bond motifs is 2. The molecule has 0 aliphatic heterocycles. The van der Waals surface area contributed by atoms with E-state index in [-0.39, 0.29) is 30.5 Å². The molecular weight excluding hydrogens is 394 g/mol. The van der Waals surface area contributed by atoms with Crippen LogP contribution < -0.4 is 10.9 Å². The van der Waals surface area contributed by atoms with Crippen LogP contribution in [0.25, 0.3) is 10.9 Å². The Balaban J connectivity index is 1.22. The molecule has 0 fully saturated rings. The number of nitrogens with one attached hydrogen (secondary N) is 2. The maximum atomic E-state index is 12.2. The molecule has 1 unspecified atom stereocenters. The van der Waals surface area contributed by atoms with Crippen LogP contribution >= 0.6 is 0 Å². The van der Waals surface area contributed by atoms with Crippen LogP contribution in [0, 0.1) is 0 Å². The first kappa shape index (κ1) is 20.8. The second-order valence-electron chi connectivity index (χ2n) is 7.76. The van der Waals surface area contributed by atoms with Crippen molar-refractivity contribution in [2.75, 3.05) is 6.61 Å². The van der Waals surface area contributed by atoms with E-state index in [1.807, 2.05) is 24.3 Å². The first-order valence-electron chi connectivity index (χ1n) is 10.6. The molecule has 4 rings (SSSR count). The summed E-state index contributed by atoms with van der Waals surface area (Å²) in [4.78, 5) is 43.5. The first-order valence-corrected chi connectivity index (χ1v) is 10.6. The zero-order chi connectivity index (χ0) is 21.6. The number of H-pyrrole nitrogens is 1. The van der Waals surface area contributed by atoms with Crippen LogP contribution in [-0.2, 0) is 27.2 Å². The van der Waals surface area contributed by atoms with Gasteiger partial charge in [-0.25, -0.2) is 4.98 Å². The number of hydrogen-bond acceptors (Lipinski definition) is 5. The number of rotatable bonds is 7. The number of hydrogen-bond donors (Lipinski definition) is 2. The number of benzene rings is 2. The molecule has 0 saturated carbocycles. The molecule has 0 bridgehead atoms. The molecule has 0 spiro atoms. The summed E-state index contributed by atoms with van der Waals surface area (Å²) in [5.41, 5.74) is 2.84. The smallest absolute Gasteiger partial charge is 0.306 e. The van der Waals surface area contributed by atoms with Crippen molar-refractivity contribution in [2.24, 2.45) is 0 Å². The molecule has 1 aliphatic rings. The minimum Gasteiger partial charge on any atom is -0.456 e. The van der Waals surface area contributed by atoms with E-state index < -0.39 is 5.97 Å². The summed E-state index contributed by atoms with van der Waals surface area (Å²) in [6, 6.07) is 15.2. The fourth-order valence-corrected chi connectivity index (χ4v) is 4.01. The van der Waals surface area contributed by atoms with Gasteiger partial charge in [-0.3, -0.25) is 14.4 Å². The quantitative estimate of drug-likeness (QED) is 0.574. The Morgan fingerprint density at radius 2 is 1.94 bits per heavy atom. The van der Waals surface area contributed by atoms with E-state index in [2.05, 4.69) is 21.4 Å². The van der Waals surface area contributed by atoms with E-state index in [0.717, 1.165) is 24.8 Å². The van der Waals surface area contributed by atoms with Gasteiger partial charge in [0.15, 0.2) is 6.61 Å². The third-order valence-corrected chi connectivity index (χ3v) is 5.53. The summed E-state index contributed by atoms with van der Waals surface area (Å²) >= 11 is 0. The van der Waals surface area contributed by atoms with Crippen molar-refractivity contribution < 1.29 is 14.3 Å². The van der Waals surface area contributed by atoms with Gasteiger partial charge in [0.2, 0.25) is 0 Å². The lowest BCUT2D eigenvalue weighted by atomic mass is 9.88. The maximum Gasteiger partial charge on any atom is 0.306 e. The Morgan fingerprint density at radius 3 is 2.84 bits per heavy atom. The van der Waals surface area contributed by atoms with Crippen LogP contribution in [0.15, 0.2) is 53.3 Å². The first-order chi connectivity index (χ1) is 15.1. The van der Waals surface area contributed by atoms with Crippen LogP contribution in [0.1, 0.15) is 48.7 Å². The number of carbonyl (C=O) groups excluding carboxylic acids is 2. The lowest BCUT2D eigenvalue weighted by molar-refractivity contribution is -0.148. The van der Waals surface area contributed by atoms with Gasteiger partial charge in [0.25, 0.3) is 11.5 Å². The average Bonchev–Trinajstić information content (AvgIpc) is 2.78. The van der Waals surface area contributed by atoms with Crippen LogP contribution in [0.5, 0.6) is 0 Å². The molecular formula is C24H25N3O4. The third kappa shape index (κ3) is 5.17. The van der Waals surface area contributed by atoms with E-state index in [1.54, 1.807) is 18.2 Å². The predicted octanol–water partition coefficient (Wildman–Crippen LogP) is 2.98. The Morgan fingerprint density at radius 1 is 1.13 bits per heavy atom. The zero-order valence-electron chi connectivity index (χ0n) is 17.2. The number of carbonyl (C=O) groups is 2. The van der Waals surface area contributed by atoms with Crippen molar-refractivity contribution in [3.63, 3.8) is 0 Å². The van der Waals surface area contributed by atoms with Gasteiger partial charge >= 0.3 is 5.97 Å². The Labute approximate surface area is 179 Å². The summed E-state index contributed by atoms with van der Waals surface area (Å²) in [7, 11) is 0. The molecule has 0 radical (unpaired) electrons. The largest absolute Gasteiger partial charge is 0.456 e. The average molecular weight is 419 g/mol. The third-order valence-electron chi connectivity index (χ3n) is 5.53. The number of amides is 1. The van der Waals surface area contributed by atoms with Gasteiger partial charge < -0.3 is 15.0 Å². The Bertz CT molecular complexity index is 1150. The van der Waals surface area contributed by atoms with Crippen molar-refractivity contribution >= 4 is 22.8 Å². The number of aromatic amines is 1. The van der Waals surface area contributed by atoms with Crippen molar-refractivity contribution in [3.05, 3.63) is 75.8 Å². The topological polar surface area (TPSA) is 101 Å². The number of esters is 1. The summed E-state index contributed by atoms with van der Waals surface area (Å²) in [6.07, 6.45) is 3.99. The molecule has 7 heteroatoms. The van der Waals surface area contributed by atoms with Crippen molar-refractivity contribution in [2.45, 2.75) is 44.6 Å². The summed E-state index contributed by atoms with van der Waals surface area (Å²) in [6.45, 7) is -0.289. The van der Waals surface area contributed by atoms with E-state index in [1.165, 1.54) is 5.56 Å². The molecule has 1 aliphatic carbocycles. The van der Waals surface area contributed by atoms with Gasteiger partial charge in [0.1, 0.15) is 5.82 Å². The summed E-state index contributed by atoms with van der Waals surface area (Å²) < 4.78 is 5.12. The van der Waals surface area contributed by atoms with Crippen molar-refractivity contribution in [1.29, 1.82) is 0 Å². The second kappa shape index (κ2) is 9.55. The maximum absolute atomic E-state index is 12.2. The van der Waals surface area contributed by atoms with Crippen molar-refractivity contribution in [1.82, 2.24) is 15.3 Å². The highest BCUT2D eigenvalue weighted by atomic mass is 16.5. The molecule has 1 heterocycles. The number of para-hydroxylation sites is 1. The Kier molecular flexibility index (Phi) is 6.40. The normalized spacial score (nSPS) is 15.3. The van der Waals surface area contributed by atoms with Gasteiger partial charge in [-0.1, -0.05) is 36.4 Å². The van der Waals surface area contributed by atoms with Gasteiger partial charge in [0.05, 0.1) is 16.9 Å². The molecule has 31 heavy (non-hydrogen) atoms. The SMILES string of the molecule is O=C(COC(=O)CCCc1nc2ccccc2c(=O)[nH]1)NC1CCCc2ccccc21. The van der Waals surface area contributed by atoms with Crippen molar-refractivity contribution in [3.8, 4) is 0 Å². The molecule has 1 aromatic heterocycles. The summed E-state index contributed by atoms with van der Waals surface area (Å²) in [5.74, 6) is -0.205. The predicted molar refractivity (Wildman–Crippen MR) is 117 cm³/mol. The number of ether oxygens (including phenoxy) is 1. The molecule has 1 amide bonds. The van der Waals surface area contributed by atoms with Gasteiger partial charge in [-0.05, 0) is 48.9 Å². The highest BCUT2D eigenvalue weighted by Gasteiger charge is 2.21. The van der Waals surface area contributed by atoms with Gasteiger partial charge in [-0.2, -0.15) is 0 Å². The van der Waals surface area contributed by atoms with Crippen LogP contribution in [0.3, 0.4) is 0 Å². The van der Waals surface area contributed by atoms with Crippen LogP contribution in [0.4, 0.5) is 0 Å². The van der Waals surface area contributed by atoms with Gasteiger partial charge in [0, 0.05) is 12.8 Å². The van der Waals surface area contributed by atoms with E-state index >= 15 is 0 Å². The second-order valence-corrected chi connectivity index (χ2v) is 7.76. The van der Waals surface area contributed by atoms with Gasteiger partial charge in [-0.15, -0.1) is 0 Å². The Hall–Kier alpha value is -3.48. The highest BCUT2D eigenvalue weighted by Crippen LogP contribution is 2.29. The number of aryl methyl sites for hydroxylation is 2. The van der Waals surface area contributed by atoms with E-state index in [4.69, 9.17) is 4.74 Å². The fraction of sp³-hybridized carbons (Fsp3) is 0.333. The van der Waals surface area contributed by atoms with E-state index in [0.29, 0.717) is 29.6 Å². The molecule has 2 aromatic carbocycles. The monoisotopic (exact) mass is 419 g/mol. The number of aromatic nitrogens is 2. The molecule has 160 valence electrons. The molecule has 3 aromatic rings. The summed E-state index contributed by atoms with van der Waals surface area (Å²) in [5, 5.41) is 3.51. The lowest BCUT2D eigenvalue weighted by Gasteiger charge is -2.26. The standard InChI is InChI=1S/C24H25N3O4/c28-22(26-19-12-5-8-16-7-1-2-9-17(16)19)15-31-23(29)14-6-13-21-25-20-11-4-3-10-18(20)24(30)27-21/h1-4,7,9-11,19H,5-6,8,12-15H2,(H,26,28)(H,25,27,30). The van der Waals surface area contributed by atoms with E-state index in [9.17, 15) is 14.4 Å². The highest BCUT2D eigenvalue weighted by molar-refractivity contribution is 5.81. The lowest BCUT2D eigenvalue weighted by Crippen LogP contribution is -2.34. The minimum atomic E-state index is -0.442. The molecule has 7 nitrogen and oxygen atoms in total. The minimum absolute atomic E-state index is 0.0352. The molecule has 2 N–H and O–H groups in total. The van der Waals surface area contributed by atoms with Crippen LogP contribution in [-0.4, -0.2) is 28.5 Å². The number of nitrogens with zero attached hydrogens (tertiary/aromatic N) is 1.